The molecule has 3 N–H and O–H groups in total. The second-order valence-corrected chi connectivity index (χ2v) is 6.13. The normalized spacial score (nSPS) is 21.2. The third kappa shape index (κ3) is 2.74. The molecular weight excluding hydrogens is 306 g/mol. The Kier molecular flexibility index (Phi) is 3.70. The second kappa shape index (κ2) is 6.01. The largest absolute Gasteiger partial charge is 0.393 e. The average Bonchev–Trinajstić information content (AvgIpc) is 3.11. The van der Waals surface area contributed by atoms with Crippen molar-refractivity contribution in [2.24, 2.45) is 5.92 Å². The molecule has 0 aliphatic heterocycles. The minimum Gasteiger partial charge on any atom is -0.393 e. The van der Waals surface area contributed by atoms with E-state index in [0.29, 0.717) is 12.8 Å². The van der Waals surface area contributed by atoms with Gasteiger partial charge in [-0.25, -0.2) is 4.98 Å². The van der Waals surface area contributed by atoms with Gasteiger partial charge in [-0.2, -0.15) is 5.10 Å². The first kappa shape index (κ1) is 14.8. The molecule has 1 aliphatic rings. The Bertz CT molecular complexity index is 858. The minimum absolute atomic E-state index is 0.175. The third-order valence-electron chi connectivity index (χ3n) is 4.51. The van der Waals surface area contributed by atoms with Gasteiger partial charge in [0.25, 0.3) is 5.91 Å². The summed E-state index contributed by atoms with van der Waals surface area (Å²) in [7, 11) is 0. The quantitative estimate of drug-likeness (QED) is 0.676. The highest BCUT2D eigenvalue weighted by Gasteiger charge is 2.36. The van der Waals surface area contributed by atoms with E-state index in [2.05, 4.69) is 25.5 Å². The first-order valence-corrected chi connectivity index (χ1v) is 7.89. The molecule has 2 heterocycles. The topological polar surface area (TPSA) is 104 Å². The van der Waals surface area contributed by atoms with Crippen LogP contribution in [0.2, 0.25) is 0 Å². The fourth-order valence-corrected chi connectivity index (χ4v) is 3.16. The summed E-state index contributed by atoms with van der Waals surface area (Å²) in [6.45, 7) is 0. The summed E-state index contributed by atoms with van der Waals surface area (Å²) in [5.74, 6) is 0.0375. The molecule has 0 bridgehead atoms. The zero-order chi connectivity index (χ0) is 16.5. The van der Waals surface area contributed by atoms with Crippen LogP contribution in [0.1, 0.15) is 35.1 Å². The van der Waals surface area contributed by atoms with Crippen molar-refractivity contribution in [2.45, 2.75) is 25.0 Å². The summed E-state index contributed by atoms with van der Waals surface area (Å²) >= 11 is 0. The van der Waals surface area contributed by atoms with Gasteiger partial charge in [-0.15, -0.1) is 0 Å². The van der Waals surface area contributed by atoms with E-state index in [1.54, 1.807) is 6.20 Å². The molecule has 1 fully saturated rings. The molecule has 4 rings (SSSR count). The van der Waals surface area contributed by atoms with Crippen molar-refractivity contribution in [1.29, 1.82) is 0 Å². The molecular formula is C17H17N5O2. The van der Waals surface area contributed by atoms with Gasteiger partial charge in [-0.05, 0) is 36.5 Å². The number of nitrogens with one attached hydrogen (secondary N) is 2. The number of aliphatic hydroxyl groups excluding tert-OH is 1. The number of para-hydroxylation sites is 1. The maximum absolute atomic E-state index is 12.4. The molecule has 3 aromatic rings. The molecule has 1 amide bonds. The number of amides is 1. The van der Waals surface area contributed by atoms with Crippen LogP contribution in [-0.4, -0.2) is 37.3 Å². The fourth-order valence-electron chi connectivity index (χ4n) is 3.16. The second-order valence-electron chi connectivity index (χ2n) is 6.13. The van der Waals surface area contributed by atoms with E-state index in [1.807, 2.05) is 30.3 Å². The van der Waals surface area contributed by atoms with Crippen molar-refractivity contribution in [3.05, 3.63) is 54.2 Å². The van der Waals surface area contributed by atoms with Gasteiger partial charge in [-0.1, -0.05) is 18.2 Å². The van der Waals surface area contributed by atoms with Crippen molar-refractivity contribution in [3.8, 4) is 0 Å². The molecule has 122 valence electrons. The first-order chi connectivity index (χ1) is 11.7. The predicted molar refractivity (Wildman–Crippen MR) is 87.1 cm³/mol. The smallest absolute Gasteiger partial charge is 0.289 e. The molecule has 24 heavy (non-hydrogen) atoms. The summed E-state index contributed by atoms with van der Waals surface area (Å²) in [6.07, 6.45) is 4.11. The fraction of sp³-hybridized carbons (Fsp3) is 0.294. The number of hydrogen-bond donors (Lipinski definition) is 3. The molecule has 1 aromatic carbocycles. The Balaban J connectivity index is 1.65. The van der Waals surface area contributed by atoms with Gasteiger partial charge in [0.1, 0.15) is 6.33 Å². The van der Waals surface area contributed by atoms with E-state index in [4.69, 9.17) is 0 Å². The van der Waals surface area contributed by atoms with Gasteiger partial charge in [-0.3, -0.25) is 14.9 Å². The first-order valence-electron chi connectivity index (χ1n) is 7.89. The summed E-state index contributed by atoms with van der Waals surface area (Å²) in [5, 5.41) is 19.9. The zero-order valence-corrected chi connectivity index (χ0v) is 12.9. The molecule has 0 unspecified atom stereocenters. The Morgan fingerprint density at radius 1 is 1.29 bits per heavy atom. The molecule has 1 aliphatic carbocycles. The number of hydrogen-bond acceptors (Lipinski definition) is 5. The van der Waals surface area contributed by atoms with Crippen LogP contribution < -0.4 is 5.32 Å². The van der Waals surface area contributed by atoms with Gasteiger partial charge >= 0.3 is 0 Å². The Hall–Kier alpha value is -2.80. The van der Waals surface area contributed by atoms with Gasteiger partial charge < -0.3 is 10.4 Å². The maximum Gasteiger partial charge on any atom is 0.289 e. The van der Waals surface area contributed by atoms with Gasteiger partial charge in [0, 0.05) is 11.6 Å². The number of carbonyl (C=O) groups is 1. The van der Waals surface area contributed by atoms with Gasteiger partial charge in [0.15, 0.2) is 0 Å². The average molecular weight is 323 g/mol. The highest BCUT2D eigenvalue weighted by molar-refractivity contribution is 5.90. The van der Waals surface area contributed by atoms with Crippen LogP contribution in [0.5, 0.6) is 0 Å². The lowest BCUT2D eigenvalue weighted by Crippen LogP contribution is -2.41. The SMILES string of the molecule is O=C(N[C@@H](c1cnc2ccccc2c1)C1CC(O)C1)c1ncn[nH]1. The highest BCUT2D eigenvalue weighted by Crippen LogP contribution is 2.38. The molecule has 0 saturated heterocycles. The lowest BCUT2D eigenvalue weighted by Gasteiger charge is -2.38. The molecule has 1 atom stereocenters. The molecule has 2 aromatic heterocycles. The van der Waals surface area contributed by atoms with Crippen LogP contribution in [0, 0.1) is 5.92 Å². The Labute approximate surface area is 138 Å². The van der Waals surface area contributed by atoms with Crippen molar-refractivity contribution < 1.29 is 9.90 Å². The molecule has 7 nitrogen and oxygen atoms in total. The Morgan fingerprint density at radius 3 is 2.88 bits per heavy atom. The predicted octanol–water partition coefficient (Wildman–Crippen LogP) is 1.59. The summed E-state index contributed by atoms with van der Waals surface area (Å²) < 4.78 is 0. The lowest BCUT2D eigenvalue weighted by atomic mass is 9.75. The maximum atomic E-state index is 12.4. The third-order valence-corrected chi connectivity index (χ3v) is 4.51. The number of H-pyrrole nitrogens is 1. The number of rotatable bonds is 4. The van der Waals surface area contributed by atoms with Crippen LogP contribution in [0.25, 0.3) is 10.9 Å². The van der Waals surface area contributed by atoms with Gasteiger partial charge in [0.05, 0.1) is 17.7 Å². The number of fused-ring (bicyclic) bond motifs is 1. The van der Waals surface area contributed by atoms with Crippen LogP contribution >= 0.6 is 0 Å². The summed E-state index contributed by atoms with van der Waals surface area (Å²) in [4.78, 5) is 20.7. The number of aliphatic hydroxyl groups is 1. The lowest BCUT2D eigenvalue weighted by molar-refractivity contribution is 0.0234. The van der Waals surface area contributed by atoms with Gasteiger partial charge in [0.2, 0.25) is 5.82 Å². The minimum atomic E-state index is -0.313. The molecule has 1 saturated carbocycles. The highest BCUT2D eigenvalue weighted by atomic mass is 16.3. The van der Waals surface area contributed by atoms with E-state index in [1.165, 1.54) is 6.33 Å². The van der Waals surface area contributed by atoms with Crippen molar-refractivity contribution in [3.63, 3.8) is 0 Å². The summed E-state index contributed by atoms with van der Waals surface area (Å²) in [6, 6.07) is 9.68. The van der Waals surface area contributed by atoms with E-state index in [-0.39, 0.29) is 29.8 Å². The van der Waals surface area contributed by atoms with Crippen molar-refractivity contribution in [1.82, 2.24) is 25.5 Å². The number of pyridine rings is 1. The zero-order valence-electron chi connectivity index (χ0n) is 12.9. The number of benzene rings is 1. The number of aromatic nitrogens is 4. The molecule has 0 radical (unpaired) electrons. The van der Waals surface area contributed by atoms with Crippen LogP contribution in [0.3, 0.4) is 0 Å². The van der Waals surface area contributed by atoms with Crippen LogP contribution in [0.4, 0.5) is 0 Å². The number of carbonyl (C=O) groups excluding carboxylic acids is 1. The monoisotopic (exact) mass is 323 g/mol. The van der Waals surface area contributed by atoms with E-state index in [0.717, 1.165) is 16.5 Å². The van der Waals surface area contributed by atoms with Crippen LogP contribution in [0.15, 0.2) is 42.9 Å². The number of aromatic amines is 1. The standard InChI is InChI=1S/C17H17N5O2/c23-13-6-11(7-13)15(21-17(24)16-19-9-20-22-16)12-5-10-3-1-2-4-14(10)18-8-12/h1-5,8-9,11,13,15,23H,6-7H2,(H,21,24)(H,19,20,22)/t11?,13?,15-/m1/s1. The molecule has 0 spiro atoms. The van der Waals surface area contributed by atoms with Crippen LogP contribution in [-0.2, 0) is 0 Å². The van der Waals surface area contributed by atoms with E-state index >= 15 is 0 Å². The Morgan fingerprint density at radius 2 is 2.12 bits per heavy atom. The van der Waals surface area contributed by atoms with E-state index in [9.17, 15) is 9.90 Å². The number of nitrogens with zero attached hydrogens (tertiary/aromatic N) is 3. The van der Waals surface area contributed by atoms with Crippen molar-refractivity contribution >= 4 is 16.8 Å². The van der Waals surface area contributed by atoms with Crippen molar-refractivity contribution in [2.75, 3.05) is 0 Å². The summed E-state index contributed by atoms with van der Waals surface area (Å²) in [5.41, 5.74) is 1.84. The van der Waals surface area contributed by atoms with E-state index < -0.39 is 0 Å². The molecule has 7 heteroatoms.